The Morgan fingerprint density at radius 3 is 2.44 bits per heavy atom. The van der Waals surface area contributed by atoms with Crippen LogP contribution in [0.3, 0.4) is 0 Å². The Hall–Kier alpha value is -2.52. The van der Waals surface area contributed by atoms with E-state index in [1.807, 2.05) is 13.8 Å². The minimum Gasteiger partial charge on any atom is -0.267 e. The lowest BCUT2D eigenvalue weighted by atomic mass is 10.2. The molecule has 3 aromatic rings. The summed E-state index contributed by atoms with van der Waals surface area (Å²) in [4.78, 5) is 30.8. The summed E-state index contributed by atoms with van der Waals surface area (Å²) in [6.07, 6.45) is 2.36. The van der Waals surface area contributed by atoms with Crippen molar-refractivity contribution >= 4 is 37.3 Å². The van der Waals surface area contributed by atoms with Crippen LogP contribution in [0.2, 0.25) is 0 Å². The third kappa shape index (κ3) is 3.20. The van der Waals surface area contributed by atoms with Crippen LogP contribution in [0.15, 0.2) is 40.3 Å². The number of hydrogen-bond acceptors (Lipinski definition) is 6. The highest BCUT2D eigenvalue weighted by Crippen LogP contribution is 2.25. The fraction of sp³-hybridized carbons (Fsp3) is 0.188. The molecule has 25 heavy (non-hydrogen) atoms. The number of aryl methyl sites for hydroxylation is 2. The molecule has 0 aliphatic heterocycles. The van der Waals surface area contributed by atoms with Crippen LogP contribution in [0.5, 0.6) is 0 Å². The molecule has 0 atom stereocenters. The zero-order chi connectivity index (χ0) is 18.4. The summed E-state index contributed by atoms with van der Waals surface area (Å²) < 4.78 is 23.9. The highest BCUT2D eigenvalue weighted by atomic mass is 32.2. The average Bonchev–Trinajstić information content (AvgIpc) is 2.85. The fourth-order valence-electron chi connectivity index (χ4n) is 2.34. The fourth-order valence-corrected chi connectivity index (χ4v) is 3.96. The lowest BCUT2D eigenvalue weighted by Gasteiger charge is -2.08. The number of carbonyl (C=O) groups excluding carboxylic acids is 1. The first-order valence-corrected chi connectivity index (χ1v) is 9.98. The van der Waals surface area contributed by atoms with E-state index in [0.717, 1.165) is 21.4 Å². The first kappa shape index (κ1) is 17.3. The Kier molecular flexibility index (Phi) is 4.21. The first-order valence-electron chi connectivity index (χ1n) is 7.27. The average molecular weight is 377 g/mol. The number of sulfone groups is 1. The number of amides is 1. The topological polar surface area (TPSA) is 98.1 Å². The standard InChI is InChI=1S/C16H15N3O4S2/c1-9-10(2)24-15-13(9)16(21)19(8-17-15)18-14(20)11-4-6-12(7-5-11)25(3,22)23/h4-8H,1-3H3,(H,18,20). The Balaban J connectivity index is 1.93. The van der Waals surface area contributed by atoms with E-state index >= 15 is 0 Å². The zero-order valence-electron chi connectivity index (χ0n) is 13.7. The van der Waals surface area contributed by atoms with Gasteiger partial charge in [0.1, 0.15) is 11.2 Å². The number of nitrogens with one attached hydrogen (secondary N) is 1. The van der Waals surface area contributed by atoms with Crippen LogP contribution >= 0.6 is 11.3 Å². The van der Waals surface area contributed by atoms with Crippen molar-refractivity contribution in [1.82, 2.24) is 9.66 Å². The predicted octanol–water partition coefficient (Wildman–Crippen LogP) is 1.86. The highest BCUT2D eigenvalue weighted by molar-refractivity contribution is 7.90. The quantitative estimate of drug-likeness (QED) is 0.751. The molecule has 0 bridgehead atoms. The molecule has 0 unspecified atom stereocenters. The number of nitrogens with zero attached hydrogens (tertiary/aromatic N) is 2. The van der Waals surface area contributed by atoms with E-state index < -0.39 is 15.7 Å². The molecule has 0 saturated carbocycles. The first-order chi connectivity index (χ1) is 11.7. The van der Waals surface area contributed by atoms with Gasteiger partial charge < -0.3 is 0 Å². The molecule has 2 heterocycles. The third-order valence-corrected chi connectivity index (χ3v) is 6.10. The number of fused-ring (bicyclic) bond motifs is 1. The second-order valence-electron chi connectivity index (χ2n) is 5.62. The van der Waals surface area contributed by atoms with E-state index in [9.17, 15) is 18.0 Å². The maximum Gasteiger partial charge on any atom is 0.281 e. The van der Waals surface area contributed by atoms with Crippen LogP contribution in [0, 0.1) is 13.8 Å². The summed E-state index contributed by atoms with van der Waals surface area (Å²) in [6, 6.07) is 5.48. The van der Waals surface area contributed by atoms with Crippen molar-refractivity contribution in [2.75, 3.05) is 11.7 Å². The number of aromatic nitrogens is 2. The molecule has 0 aliphatic rings. The van der Waals surface area contributed by atoms with Gasteiger partial charge in [-0.1, -0.05) is 0 Å². The van der Waals surface area contributed by atoms with Crippen LogP contribution < -0.4 is 11.0 Å². The monoisotopic (exact) mass is 377 g/mol. The summed E-state index contributed by atoms with van der Waals surface area (Å²) in [5.74, 6) is -0.534. The van der Waals surface area contributed by atoms with Gasteiger partial charge in [0.2, 0.25) is 0 Å². The largest absolute Gasteiger partial charge is 0.281 e. The number of thiophene rings is 1. The van der Waals surface area contributed by atoms with Gasteiger partial charge in [0.25, 0.3) is 11.5 Å². The molecule has 2 aromatic heterocycles. The number of hydrogen-bond donors (Lipinski definition) is 1. The second-order valence-corrected chi connectivity index (χ2v) is 8.84. The van der Waals surface area contributed by atoms with Gasteiger partial charge >= 0.3 is 0 Å². The SMILES string of the molecule is Cc1sc2ncn(NC(=O)c3ccc(S(C)(=O)=O)cc3)c(=O)c2c1C. The van der Waals surface area contributed by atoms with Crippen molar-refractivity contribution in [3.05, 3.63) is 57.0 Å². The van der Waals surface area contributed by atoms with Crippen LogP contribution in [-0.2, 0) is 9.84 Å². The molecule has 7 nitrogen and oxygen atoms in total. The Morgan fingerprint density at radius 2 is 1.84 bits per heavy atom. The summed E-state index contributed by atoms with van der Waals surface area (Å²) >= 11 is 1.43. The molecule has 0 aliphatic carbocycles. The molecule has 130 valence electrons. The molecule has 0 saturated heterocycles. The lowest BCUT2D eigenvalue weighted by Crippen LogP contribution is -2.33. The second kappa shape index (κ2) is 6.08. The van der Waals surface area contributed by atoms with E-state index in [1.165, 1.54) is 41.9 Å². The van der Waals surface area contributed by atoms with Crippen molar-refractivity contribution in [3.8, 4) is 0 Å². The van der Waals surface area contributed by atoms with Crippen molar-refractivity contribution in [1.29, 1.82) is 0 Å². The molecule has 1 amide bonds. The normalized spacial score (nSPS) is 11.6. The molecule has 9 heteroatoms. The predicted molar refractivity (Wildman–Crippen MR) is 96.6 cm³/mol. The van der Waals surface area contributed by atoms with Crippen molar-refractivity contribution in [2.45, 2.75) is 18.7 Å². The van der Waals surface area contributed by atoms with Crippen LogP contribution in [0.1, 0.15) is 20.8 Å². The lowest BCUT2D eigenvalue weighted by molar-refractivity contribution is 0.101. The highest BCUT2D eigenvalue weighted by Gasteiger charge is 2.14. The van der Waals surface area contributed by atoms with Gasteiger partial charge in [-0.15, -0.1) is 11.3 Å². The Morgan fingerprint density at radius 1 is 1.20 bits per heavy atom. The van der Waals surface area contributed by atoms with Crippen LogP contribution in [0.25, 0.3) is 10.2 Å². The molecule has 3 rings (SSSR count). The van der Waals surface area contributed by atoms with E-state index in [2.05, 4.69) is 10.4 Å². The maximum atomic E-state index is 12.6. The van der Waals surface area contributed by atoms with Crippen molar-refractivity contribution < 1.29 is 13.2 Å². The van der Waals surface area contributed by atoms with Gasteiger partial charge in [0.05, 0.1) is 10.3 Å². The maximum absolute atomic E-state index is 12.6. The number of benzene rings is 1. The minimum atomic E-state index is -3.33. The number of carbonyl (C=O) groups is 1. The molecular formula is C16H15N3O4S2. The van der Waals surface area contributed by atoms with Crippen LogP contribution in [0.4, 0.5) is 0 Å². The smallest absolute Gasteiger partial charge is 0.267 e. The Labute approximate surface area is 147 Å². The van der Waals surface area contributed by atoms with E-state index in [0.29, 0.717) is 10.2 Å². The van der Waals surface area contributed by atoms with Crippen LogP contribution in [-0.4, -0.2) is 30.2 Å². The molecule has 1 N–H and O–H groups in total. The van der Waals surface area contributed by atoms with E-state index in [4.69, 9.17) is 0 Å². The summed E-state index contributed by atoms with van der Waals surface area (Å²) in [5.41, 5.74) is 3.20. The van der Waals surface area contributed by atoms with Gasteiger partial charge in [0, 0.05) is 16.7 Å². The summed E-state index contributed by atoms with van der Waals surface area (Å²) in [7, 11) is -3.33. The van der Waals surface area contributed by atoms with Gasteiger partial charge in [-0.2, -0.15) is 0 Å². The van der Waals surface area contributed by atoms with Gasteiger partial charge in [-0.25, -0.2) is 18.1 Å². The number of rotatable bonds is 3. The van der Waals surface area contributed by atoms with Crippen molar-refractivity contribution in [3.63, 3.8) is 0 Å². The minimum absolute atomic E-state index is 0.119. The molecule has 1 aromatic carbocycles. The van der Waals surface area contributed by atoms with E-state index in [-0.39, 0.29) is 16.0 Å². The van der Waals surface area contributed by atoms with Gasteiger partial charge in [-0.05, 0) is 43.7 Å². The van der Waals surface area contributed by atoms with Gasteiger partial charge in [-0.3, -0.25) is 15.0 Å². The van der Waals surface area contributed by atoms with Gasteiger partial charge in [0.15, 0.2) is 9.84 Å². The zero-order valence-corrected chi connectivity index (χ0v) is 15.4. The molecule has 0 radical (unpaired) electrons. The van der Waals surface area contributed by atoms with E-state index in [1.54, 1.807) is 0 Å². The summed E-state index contributed by atoms with van der Waals surface area (Å²) in [5, 5.41) is 0.484. The Bertz CT molecular complexity index is 1140. The van der Waals surface area contributed by atoms with Crippen molar-refractivity contribution in [2.24, 2.45) is 0 Å². The molecular weight excluding hydrogens is 362 g/mol. The molecule has 0 spiro atoms. The third-order valence-electron chi connectivity index (χ3n) is 3.86. The summed E-state index contributed by atoms with van der Waals surface area (Å²) in [6.45, 7) is 3.75. The molecule has 0 fully saturated rings.